The van der Waals surface area contributed by atoms with E-state index in [-0.39, 0.29) is 26.3 Å². The van der Waals surface area contributed by atoms with Crippen molar-refractivity contribution >= 4 is 53.6 Å². The monoisotopic (exact) mass is 669 g/mol. The zero-order chi connectivity index (χ0) is 31.8. The van der Waals surface area contributed by atoms with E-state index in [1.807, 2.05) is 72.2 Å². The second kappa shape index (κ2) is 12.4. The van der Waals surface area contributed by atoms with E-state index in [0.717, 1.165) is 31.9 Å². The van der Waals surface area contributed by atoms with Crippen molar-refractivity contribution in [2.75, 3.05) is 29.7 Å². The Bertz CT molecular complexity index is 2040. The molecule has 2 aliphatic rings. The topological polar surface area (TPSA) is 149 Å². The molecular formula is C31H29N2O9S3-. The van der Waals surface area contributed by atoms with Gasteiger partial charge < -0.3 is 28.2 Å². The number of hydrogen-bond acceptors (Lipinski definition) is 11. The van der Waals surface area contributed by atoms with Crippen LogP contribution in [0.15, 0.2) is 78.2 Å². The average molecular weight is 670 g/mol. The molecular weight excluding hydrogens is 641 g/mol. The Labute approximate surface area is 265 Å². The van der Waals surface area contributed by atoms with E-state index >= 15 is 0 Å². The molecule has 0 unspecified atom stereocenters. The number of hydrogen-bond donors (Lipinski definition) is 0. The van der Waals surface area contributed by atoms with Gasteiger partial charge in [0.1, 0.15) is 0 Å². The number of allylic oxidation sites excluding steroid dienone is 2. The molecule has 3 aromatic carbocycles. The number of anilines is 1. The van der Waals surface area contributed by atoms with Crippen molar-refractivity contribution in [2.24, 2.45) is 0 Å². The zero-order valence-electron chi connectivity index (χ0n) is 24.2. The lowest BCUT2D eigenvalue weighted by Crippen LogP contribution is -2.36. The van der Waals surface area contributed by atoms with Gasteiger partial charge in [0.25, 0.3) is 5.01 Å². The standard InChI is InChI=1S/C31H30N2O9S3/c1-2-21(18-29-33(13-6-15-44(34,35)36)24-10-12-27-30(31(24)43-29)41-20-40-27)17-28-32(14-16-45(37,38)39)25-19-23(9-11-26(25)42-28)22-7-4-3-5-8-22/h3-5,7-12,17-19H,2,6,13-16,20H2,1H3,(H-,34,35,36,37,38,39)/p-1. The SMILES string of the molecule is CCC(=Cc1sc2c3c(ccc2[n+]1CCCS(=O)(=O)[O-])OCO3)C=C1Oc2ccc(-c3ccccc3)cc2N1CCS(=O)(=O)[O-]. The summed E-state index contributed by atoms with van der Waals surface area (Å²) in [5.41, 5.74) is 4.16. The summed E-state index contributed by atoms with van der Waals surface area (Å²) in [4.78, 5) is 1.69. The fraction of sp³-hybridized carbons (Fsp3) is 0.258. The molecule has 0 radical (unpaired) electrons. The molecule has 0 N–H and O–H groups in total. The average Bonchev–Trinajstić information content (AvgIpc) is 3.70. The highest BCUT2D eigenvalue weighted by atomic mass is 32.2. The van der Waals surface area contributed by atoms with Crippen LogP contribution in [0.5, 0.6) is 17.2 Å². The van der Waals surface area contributed by atoms with Crippen molar-refractivity contribution in [2.45, 2.75) is 26.3 Å². The lowest BCUT2D eigenvalue weighted by atomic mass is 10.0. The fourth-order valence-corrected chi connectivity index (χ4v) is 7.42. The summed E-state index contributed by atoms with van der Waals surface area (Å²) < 4.78 is 89.1. The molecule has 4 aromatic rings. The van der Waals surface area contributed by atoms with Gasteiger partial charge in [-0.05, 0) is 41.3 Å². The summed E-state index contributed by atoms with van der Waals surface area (Å²) in [6.45, 7) is 2.23. The molecule has 0 atom stereocenters. The minimum atomic E-state index is -4.51. The van der Waals surface area contributed by atoms with Gasteiger partial charge in [0.2, 0.25) is 18.2 Å². The Morgan fingerprint density at radius 2 is 1.71 bits per heavy atom. The van der Waals surface area contributed by atoms with Gasteiger partial charge in [-0.2, -0.15) is 4.57 Å². The summed E-state index contributed by atoms with van der Waals surface area (Å²) >= 11 is 1.44. The van der Waals surface area contributed by atoms with Crippen molar-refractivity contribution in [3.8, 4) is 28.4 Å². The summed E-state index contributed by atoms with van der Waals surface area (Å²) in [5, 5.41) is 0.779. The summed E-state index contributed by atoms with van der Waals surface area (Å²) in [5.74, 6) is 1.01. The van der Waals surface area contributed by atoms with Crippen LogP contribution in [0.25, 0.3) is 27.4 Å². The van der Waals surface area contributed by atoms with Crippen LogP contribution in [0.2, 0.25) is 0 Å². The molecule has 0 spiro atoms. The minimum Gasteiger partial charge on any atom is -0.748 e. The van der Waals surface area contributed by atoms with Gasteiger partial charge in [-0.25, -0.2) is 16.8 Å². The van der Waals surface area contributed by atoms with Crippen molar-refractivity contribution in [1.29, 1.82) is 0 Å². The third kappa shape index (κ3) is 6.99. The summed E-state index contributed by atoms with van der Waals surface area (Å²) in [6, 6.07) is 19.0. The van der Waals surface area contributed by atoms with Crippen molar-refractivity contribution in [3.63, 3.8) is 0 Å². The maximum absolute atomic E-state index is 11.6. The molecule has 11 nitrogen and oxygen atoms in total. The van der Waals surface area contributed by atoms with Gasteiger partial charge in [-0.15, -0.1) is 0 Å². The van der Waals surface area contributed by atoms with Gasteiger partial charge in [-0.3, -0.25) is 0 Å². The highest BCUT2D eigenvalue weighted by Crippen LogP contribution is 2.43. The number of aromatic nitrogens is 1. The molecule has 6 rings (SSSR count). The Morgan fingerprint density at radius 3 is 2.44 bits per heavy atom. The molecule has 0 saturated carbocycles. The smallest absolute Gasteiger partial charge is 0.263 e. The van der Waals surface area contributed by atoms with E-state index in [0.29, 0.717) is 35.2 Å². The predicted molar refractivity (Wildman–Crippen MR) is 168 cm³/mol. The van der Waals surface area contributed by atoms with Crippen molar-refractivity contribution in [3.05, 3.63) is 83.2 Å². The Hall–Kier alpha value is -3.95. The second-order valence-electron chi connectivity index (χ2n) is 10.5. The van der Waals surface area contributed by atoms with Crippen LogP contribution in [0.3, 0.4) is 0 Å². The van der Waals surface area contributed by atoms with E-state index in [9.17, 15) is 25.9 Å². The molecule has 236 valence electrons. The van der Waals surface area contributed by atoms with Crippen LogP contribution in [-0.2, 0) is 26.8 Å². The quantitative estimate of drug-likeness (QED) is 0.164. The highest BCUT2D eigenvalue weighted by molar-refractivity contribution is 7.85. The van der Waals surface area contributed by atoms with Gasteiger partial charge in [0, 0.05) is 36.9 Å². The number of ether oxygens (including phenoxy) is 3. The summed E-state index contributed by atoms with van der Waals surface area (Å²) in [6.07, 6.45) is 4.43. The van der Waals surface area contributed by atoms with Gasteiger partial charge in [-0.1, -0.05) is 54.7 Å². The molecule has 0 aliphatic carbocycles. The van der Waals surface area contributed by atoms with E-state index in [1.165, 1.54) is 11.3 Å². The van der Waals surface area contributed by atoms with Crippen LogP contribution in [0.4, 0.5) is 5.69 Å². The maximum atomic E-state index is 11.6. The Morgan fingerprint density at radius 1 is 0.956 bits per heavy atom. The number of fused-ring (bicyclic) bond motifs is 4. The first kappa shape index (κ1) is 31.0. The van der Waals surface area contributed by atoms with Gasteiger partial charge in [0.15, 0.2) is 28.5 Å². The number of aryl methyl sites for hydroxylation is 1. The summed E-state index contributed by atoms with van der Waals surface area (Å²) in [7, 11) is -8.89. The van der Waals surface area contributed by atoms with Crippen LogP contribution in [-0.4, -0.2) is 50.8 Å². The first-order valence-electron chi connectivity index (χ1n) is 14.2. The molecule has 0 fully saturated rings. The molecule has 0 amide bonds. The molecule has 1 aromatic heterocycles. The zero-order valence-corrected chi connectivity index (χ0v) is 26.6. The van der Waals surface area contributed by atoms with Crippen molar-refractivity contribution in [1.82, 2.24) is 0 Å². The predicted octanol–water partition coefficient (Wildman–Crippen LogP) is 4.60. The number of benzene rings is 3. The maximum Gasteiger partial charge on any atom is 0.263 e. The third-order valence-corrected chi connectivity index (χ3v) is 10.1. The van der Waals surface area contributed by atoms with Gasteiger partial charge >= 0.3 is 0 Å². The van der Waals surface area contributed by atoms with E-state index in [4.69, 9.17) is 14.2 Å². The van der Waals surface area contributed by atoms with E-state index in [2.05, 4.69) is 0 Å². The third-order valence-electron chi connectivity index (χ3n) is 7.44. The number of rotatable bonds is 11. The van der Waals surface area contributed by atoms with Crippen molar-refractivity contribution < 1.29 is 44.7 Å². The largest absolute Gasteiger partial charge is 0.748 e. The Kier molecular flexibility index (Phi) is 8.59. The van der Waals surface area contributed by atoms with Gasteiger partial charge in [0.05, 0.1) is 31.7 Å². The number of nitrogens with zero attached hydrogens (tertiary/aromatic N) is 2. The van der Waals surface area contributed by atoms with Crippen LogP contribution in [0, 0.1) is 0 Å². The first-order valence-corrected chi connectivity index (χ1v) is 18.2. The van der Waals surface area contributed by atoms with E-state index < -0.39 is 31.7 Å². The first-order chi connectivity index (χ1) is 21.5. The van der Waals surface area contributed by atoms with Crippen LogP contribution in [0.1, 0.15) is 24.8 Å². The fourth-order valence-electron chi connectivity index (χ4n) is 5.28. The Balaban J connectivity index is 1.40. The molecule has 45 heavy (non-hydrogen) atoms. The van der Waals surface area contributed by atoms with Crippen LogP contribution >= 0.6 is 11.3 Å². The molecule has 0 bridgehead atoms. The lowest BCUT2D eigenvalue weighted by molar-refractivity contribution is -0.668. The minimum absolute atomic E-state index is 0.0943. The van der Waals surface area contributed by atoms with E-state index in [1.54, 1.807) is 17.0 Å². The molecule has 0 saturated heterocycles. The molecule has 3 heterocycles. The lowest BCUT2D eigenvalue weighted by Gasteiger charge is -2.20. The second-order valence-corrected chi connectivity index (χ2v) is 14.6. The molecule has 14 heteroatoms. The van der Waals surface area contributed by atoms with Crippen LogP contribution < -0.4 is 23.7 Å². The number of thiazole rings is 1. The normalized spacial score (nSPS) is 15.6. The highest BCUT2D eigenvalue weighted by Gasteiger charge is 2.29. The molecule has 2 aliphatic heterocycles.